The third-order valence-electron chi connectivity index (χ3n) is 2.88. The minimum absolute atomic E-state index is 0.0530. The van der Waals surface area contributed by atoms with Gasteiger partial charge in [0, 0.05) is 0 Å². The predicted octanol–water partition coefficient (Wildman–Crippen LogP) is 2.95. The van der Waals surface area contributed by atoms with Gasteiger partial charge in [-0.1, -0.05) is 19.9 Å². The number of carboxylic acids is 1. The summed E-state index contributed by atoms with van der Waals surface area (Å²) in [5.41, 5.74) is 1.51. The molecule has 1 aromatic carbocycles. The minimum atomic E-state index is -1.08. The molecular weight excluding hydrogens is 232 g/mol. The number of rotatable bonds is 4. The maximum absolute atomic E-state index is 11.7. The van der Waals surface area contributed by atoms with Gasteiger partial charge in [0.05, 0.1) is 5.92 Å². The number of carbonyl (C=O) groups is 2. The lowest BCUT2D eigenvalue weighted by Gasteiger charge is -2.13. The van der Waals surface area contributed by atoms with Gasteiger partial charge in [0.25, 0.3) is 0 Å². The molecular formula is C14H18O4. The first-order valence-electron chi connectivity index (χ1n) is 5.93. The monoisotopic (exact) mass is 250 g/mol. The topological polar surface area (TPSA) is 63.6 Å². The highest BCUT2D eigenvalue weighted by molar-refractivity contribution is 5.94. The number of carbonyl (C=O) groups excluding carboxylic acids is 1. The Morgan fingerprint density at radius 3 is 2.44 bits per heavy atom. The van der Waals surface area contributed by atoms with Crippen LogP contribution in [0, 0.1) is 19.8 Å². The van der Waals surface area contributed by atoms with E-state index < -0.39 is 11.9 Å². The molecule has 18 heavy (non-hydrogen) atoms. The van der Waals surface area contributed by atoms with Crippen LogP contribution in [0.2, 0.25) is 0 Å². The van der Waals surface area contributed by atoms with E-state index in [1.807, 2.05) is 13.8 Å². The van der Waals surface area contributed by atoms with Crippen LogP contribution in [0.3, 0.4) is 0 Å². The number of benzene rings is 1. The largest absolute Gasteiger partial charge is 0.478 e. The summed E-state index contributed by atoms with van der Waals surface area (Å²) in [5.74, 6) is -1.60. The Morgan fingerprint density at radius 1 is 1.33 bits per heavy atom. The molecule has 1 unspecified atom stereocenters. The molecule has 0 heterocycles. The number of carboxylic acid groups (broad SMARTS) is 1. The molecule has 1 atom stereocenters. The van der Waals surface area contributed by atoms with Crippen LogP contribution in [0.15, 0.2) is 12.1 Å². The van der Waals surface area contributed by atoms with Crippen molar-refractivity contribution in [2.45, 2.75) is 34.1 Å². The van der Waals surface area contributed by atoms with E-state index in [2.05, 4.69) is 0 Å². The fourth-order valence-electron chi connectivity index (χ4n) is 1.66. The second-order valence-corrected chi connectivity index (χ2v) is 4.49. The van der Waals surface area contributed by atoms with Crippen LogP contribution in [-0.4, -0.2) is 17.0 Å². The van der Waals surface area contributed by atoms with Crippen LogP contribution in [0.25, 0.3) is 0 Å². The molecule has 0 aliphatic carbocycles. The zero-order valence-corrected chi connectivity index (χ0v) is 11.1. The second kappa shape index (κ2) is 5.67. The molecule has 0 spiro atoms. The third-order valence-corrected chi connectivity index (χ3v) is 2.88. The lowest BCUT2D eigenvalue weighted by atomic mass is 10.0. The Hall–Kier alpha value is -1.84. The zero-order valence-electron chi connectivity index (χ0n) is 11.1. The highest BCUT2D eigenvalue weighted by Gasteiger charge is 2.20. The Labute approximate surface area is 107 Å². The van der Waals surface area contributed by atoms with Crippen molar-refractivity contribution in [3.63, 3.8) is 0 Å². The van der Waals surface area contributed by atoms with E-state index in [1.54, 1.807) is 26.0 Å². The number of hydrogen-bond acceptors (Lipinski definition) is 3. The minimum Gasteiger partial charge on any atom is -0.478 e. The fourth-order valence-corrected chi connectivity index (χ4v) is 1.66. The molecule has 1 rings (SSSR count). The van der Waals surface area contributed by atoms with Crippen molar-refractivity contribution in [1.29, 1.82) is 0 Å². The summed E-state index contributed by atoms with van der Waals surface area (Å²) >= 11 is 0. The summed E-state index contributed by atoms with van der Waals surface area (Å²) in [4.78, 5) is 22.9. The molecule has 0 saturated heterocycles. The molecule has 0 saturated carbocycles. The van der Waals surface area contributed by atoms with Crippen molar-refractivity contribution in [3.05, 3.63) is 28.8 Å². The Kier molecular flexibility index (Phi) is 4.48. The molecule has 4 nitrogen and oxygen atoms in total. The van der Waals surface area contributed by atoms with Gasteiger partial charge in [0.15, 0.2) is 0 Å². The van der Waals surface area contributed by atoms with Crippen molar-refractivity contribution in [2.24, 2.45) is 5.92 Å². The van der Waals surface area contributed by atoms with Crippen LogP contribution in [0.4, 0.5) is 0 Å². The van der Waals surface area contributed by atoms with Crippen molar-refractivity contribution < 1.29 is 19.4 Å². The van der Waals surface area contributed by atoms with E-state index in [9.17, 15) is 9.59 Å². The summed E-state index contributed by atoms with van der Waals surface area (Å²) < 4.78 is 5.20. The van der Waals surface area contributed by atoms with Crippen LogP contribution in [-0.2, 0) is 4.79 Å². The normalized spacial score (nSPS) is 12.0. The van der Waals surface area contributed by atoms with Crippen LogP contribution in [0.5, 0.6) is 5.75 Å². The van der Waals surface area contributed by atoms with Crippen LogP contribution < -0.4 is 4.74 Å². The maximum Gasteiger partial charge on any atom is 0.339 e. The van der Waals surface area contributed by atoms with E-state index in [4.69, 9.17) is 9.84 Å². The standard InChI is InChI=1S/C14H18O4/c1-5-9(3)14(17)18-11-7-8(2)6-10(4)12(11)13(15)16/h6-7,9H,5H2,1-4H3,(H,15,16). The molecule has 0 amide bonds. The van der Waals surface area contributed by atoms with Gasteiger partial charge < -0.3 is 9.84 Å². The summed E-state index contributed by atoms with van der Waals surface area (Å²) in [6.07, 6.45) is 0.659. The van der Waals surface area contributed by atoms with Gasteiger partial charge in [-0.25, -0.2) is 4.79 Å². The van der Waals surface area contributed by atoms with Crippen LogP contribution >= 0.6 is 0 Å². The number of aromatic carboxylic acids is 1. The van der Waals surface area contributed by atoms with Crippen LogP contribution in [0.1, 0.15) is 41.8 Å². The highest BCUT2D eigenvalue weighted by atomic mass is 16.5. The van der Waals surface area contributed by atoms with E-state index in [1.165, 1.54) is 0 Å². The lowest BCUT2D eigenvalue weighted by molar-refractivity contribution is -0.138. The predicted molar refractivity (Wildman–Crippen MR) is 68.0 cm³/mol. The van der Waals surface area contributed by atoms with Crippen molar-refractivity contribution >= 4 is 11.9 Å². The van der Waals surface area contributed by atoms with Crippen molar-refractivity contribution in [3.8, 4) is 5.75 Å². The first-order chi connectivity index (χ1) is 8.36. The molecule has 0 aliphatic rings. The van der Waals surface area contributed by atoms with E-state index in [-0.39, 0.29) is 17.2 Å². The van der Waals surface area contributed by atoms with Gasteiger partial charge >= 0.3 is 11.9 Å². The quantitative estimate of drug-likeness (QED) is 0.659. The zero-order chi connectivity index (χ0) is 13.9. The molecule has 1 aromatic rings. The molecule has 0 fully saturated rings. The summed E-state index contributed by atoms with van der Waals surface area (Å²) in [7, 11) is 0. The average Bonchev–Trinajstić information content (AvgIpc) is 2.26. The molecule has 0 aliphatic heterocycles. The van der Waals surface area contributed by atoms with Crippen molar-refractivity contribution in [1.82, 2.24) is 0 Å². The molecule has 0 aromatic heterocycles. The summed E-state index contributed by atoms with van der Waals surface area (Å²) in [6.45, 7) is 7.16. The summed E-state index contributed by atoms with van der Waals surface area (Å²) in [5, 5.41) is 9.15. The van der Waals surface area contributed by atoms with Gasteiger partial charge in [-0.05, 0) is 37.5 Å². The lowest BCUT2D eigenvalue weighted by Crippen LogP contribution is -2.19. The first-order valence-corrected chi connectivity index (χ1v) is 5.93. The fraction of sp³-hybridized carbons (Fsp3) is 0.429. The maximum atomic E-state index is 11.7. The van der Waals surface area contributed by atoms with Gasteiger partial charge in [0.2, 0.25) is 0 Å². The molecule has 98 valence electrons. The summed E-state index contributed by atoms with van der Waals surface area (Å²) in [6, 6.07) is 3.33. The van der Waals surface area contributed by atoms with Gasteiger partial charge in [-0.15, -0.1) is 0 Å². The molecule has 4 heteroatoms. The number of ether oxygens (including phenoxy) is 1. The SMILES string of the molecule is CCC(C)C(=O)Oc1cc(C)cc(C)c1C(=O)O. The third kappa shape index (κ3) is 3.09. The number of aryl methyl sites for hydroxylation is 2. The van der Waals surface area contributed by atoms with E-state index in [0.29, 0.717) is 12.0 Å². The molecule has 0 radical (unpaired) electrons. The van der Waals surface area contributed by atoms with E-state index in [0.717, 1.165) is 5.56 Å². The smallest absolute Gasteiger partial charge is 0.339 e. The second-order valence-electron chi connectivity index (χ2n) is 4.49. The Morgan fingerprint density at radius 2 is 1.94 bits per heavy atom. The Bertz CT molecular complexity index is 477. The Balaban J connectivity index is 3.15. The molecule has 1 N–H and O–H groups in total. The van der Waals surface area contributed by atoms with Gasteiger partial charge in [0.1, 0.15) is 11.3 Å². The van der Waals surface area contributed by atoms with Crippen molar-refractivity contribution in [2.75, 3.05) is 0 Å². The number of esters is 1. The van der Waals surface area contributed by atoms with E-state index >= 15 is 0 Å². The average molecular weight is 250 g/mol. The van der Waals surface area contributed by atoms with Gasteiger partial charge in [-0.2, -0.15) is 0 Å². The first kappa shape index (κ1) is 14.2. The van der Waals surface area contributed by atoms with Gasteiger partial charge in [-0.3, -0.25) is 4.79 Å². The highest BCUT2D eigenvalue weighted by Crippen LogP contribution is 2.25. The molecule has 0 bridgehead atoms. The number of hydrogen-bond donors (Lipinski definition) is 1.